The lowest BCUT2D eigenvalue weighted by Crippen LogP contribution is -2.54. The molecule has 0 fully saturated rings. The van der Waals surface area contributed by atoms with Crippen LogP contribution in [0.25, 0.3) is 0 Å². The number of esters is 1. The Morgan fingerprint density at radius 2 is 1.50 bits per heavy atom. The van der Waals surface area contributed by atoms with Gasteiger partial charge in [0.25, 0.3) is 0 Å². The zero-order valence-corrected chi connectivity index (χ0v) is 19.1. The normalized spacial score (nSPS) is 12.4. The second-order valence-electron chi connectivity index (χ2n) is 7.61. The quantitative estimate of drug-likeness (QED) is 0.351. The standard InChI is InChI=1S/C26H27NO4S/c1-26(24(28)30-2,27-25(29)31-18-20-10-5-3-6-11-20)17-22-14-9-15-23(16-22)32-19-21-12-7-4-8-13-21/h3-16H,17-19H2,1-2H3,(H,27,29)/t26-/m0/s1. The van der Waals surface area contributed by atoms with Crippen LogP contribution in [0, 0.1) is 0 Å². The van der Waals surface area contributed by atoms with Gasteiger partial charge in [0, 0.05) is 17.1 Å². The second-order valence-corrected chi connectivity index (χ2v) is 8.66. The summed E-state index contributed by atoms with van der Waals surface area (Å²) >= 11 is 1.72. The van der Waals surface area contributed by atoms with Crippen LogP contribution in [-0.4, -0.2) is 24.7 Å². The van der Waals surface area contributed by atoms with Gasteiger partial charge < -0.3 is 14.8 Å². The molecular formula is C26H27NO4S. The number of hydrogen-bond donors (Lipinski definition) is 1. The number of benzene rings is 3. The first-order valence-electron chi connectivity index (χ1n) is 10.3. The van der Waals surface area contributed by atoms with Crippen molar-refractivity contribution in [2.24, 2.45) is 0 Å². The number of hydrogen-bond acceptors (Lipinski definition) is 5. The van der Waals surface area contributed by atoms with Gasteiger partial charge in [0.05, 0.1) is 7.11 Å². The number of alkyl carbamates (subject to hydrolysis) is 1. The largest absolute Gasteiger partial charge is 0.467 e. The molecule has 0 saturated heterocycles. The molecule has 166 valence electrons. The number of rotatable bonds is 9. The van der Waals surface area contributed by atoms with E-state index in [2.05, 4.69) is 17.4 Å². The number of carbonyl (C=O) groups is 2. The highest BCUT2D eigenvalue weighted by Gasteiger charge is 2.37. The molecule has 3 aromatic carbocycles. The van der Waals surface area contributed by atoms with E-state index in [1.807, 2.05) is 72.8 Å². The minimum absolute atomic E-state index is 0.121. The molecule has 0 spiro atoms. The van der Waals surface area contributed by atoms with E-state index < -0.39 is 17.6 Å². The number of methoxy groups -OCH3 is 1. The Morgan fingerprint density at radius 3 is 2.16 bits per heavy atom. The lowest BCUT2D eigenvalue weighted by molar-refractivity contribution is -0.147. The molecule has 6 heteroatoms. The molecular weight excluding hydrogens is 422 g/mol. The van der Waals surface area contributed by atoms with Gasteiger partial charge in [0.1, 0.15) is 12.1 Å². The summed E-state index contributed by atoms with van der Waals surface area (Å²) in [6, 6.07) is 27.6. The lowest BCUT2D eigenvalue weighted by Gasteiger charge is -2.27. The molecule has 0 aliphatic heterocycles. The fourth-order valence-electron chi connectivity index (χ4n) is 3.27. The van der Waals surface area contributed by atoms with Crippen molar-refractivity contribution >= 4 is 23.8 Å². The molecule has 0 heterocycles. The van der Waals surface area contributed by atoms with Gasteiger partial charge in [-0.25, -0.2) is 9.59 Å². The van der Waals surface area contributed by atoms with Gasteiger partial charge in [-0.05, 0) is 35.7 Å². The van der Waals surface area contributed by atoms with Gasteiger partial charge in [-0.2, -0.15) is 0 Å². The zero-order chi connectivity index (χ0) is 22.8. The summed E-state index contributed by atoms with van der Waals surface area (Å²) < 4.78 is 10.3. The second kappa shape index (κ2) is 11.4. The van der Waals surface area contributed by atoms with Crippen molar-refractivity contribution in [3.05, 3.63) is 102 Å². The van der Waals surface area contributed by atoms with Crippen LogP contribution < -0.4 is 5.32 Å². The van der Waals surface area contributed by atoms with Crippen LogP contribution in [0.3, 0.4) is 0 Å². The van der Waals surface area contributed by atoms with Crippen molar-refractivity contribution in [3.8, 4) is 0 Å². The molecule has 0 aliphatic carbocycles. The van der Waals surface area contributed by atoms with E-state index in [-0.39, 0.29) is 13.0 Å². The van der Waals surface area contributed by atoms with Crippen LogP contribution in [-0.2, 0) is 33.0 Å². The van der Waals surface area contributed by atoms with Gasteiger partial charge >= 0.3 is 12.1 Å². The van der Waals surface area contributed by atoms with E-state index in [0.717, 1.165) is 21.8 Å². The van der Waals surface area contributed by atoms with Gasteiger partial charge in [-0.3, -0.25) is 0 Å². The highest BCUT2D eigenvalue weighted by Crippen LogP contribution is 2.25. The van der Waals surface area contributed by atoms with E-state index in [4.69, 9.17) is 9.47 Å². The molecule has 3 aromatic rings. The highest BCUT2D eigenvalue weighted by atomic mass is 32.2. The Bertz CT molecular complexity index is 1030. The maximum Gasteiger partial charge on any atom is 0.408 e. The first-order valence-corrected chi connectivity index (χ1v) is 11.3. The molecule has 5 nitrogen and oxygen atoms in total. The van der Waals surface area contributed by atoms with Crippen molar-refractivity contribution < 1.29 is 19.1 Å². The molecule has 0 radical (unpaired) electrons. The van der Waals surface area contributed by atoms with Gasteiger partial charge in [-0.1, -0.05) is 72.8 Å². The minimum atomic E-state index is -1.26. The molecule has 3 rings (SSSR count). The van der Waals surface area contributed by atoms with Crippen LogP contribution in [0.4, 0.5) is 4.79 Å². The first-order chi connectivity index (χ1) is 15.5. The Kier molecular flexibility index (Phi) is 8.34. The number of nitrogens with one attached hydrogen (secondary N) is 1. The Labute approximate surface area is 193 Å². The fourth-order valence-corrected chi connectivity index (χ4v) is 4.21. The third kappa shape index (κ3) is 6.89. The minimum Gasteiger partial charge on any atom is -0.467 e. The predicted octanol–water partition coefficient (Wildman–Crippen LogP) is 5.38. The number of amides is 1. The van der Waals surface area contributed by atoms with E-state index in [1.54, 1.807) is 18.7 Å². The van der Waals surface area contributed by atoms with Crippen LogP contribution in [0.2, 0.25) is 0 Å². The Hall–Kier alpha value is -3.25. The highest BCUT2D eigenvalue weighted by molar-refractivity contribution is 7.98. The zero-order valence-electron chi connectivity index (χ0n) is 18.2. The monoisotopic (exact) mass is 449 g/mol. The van der Waals surface area contributed by atoms with Crippen molar-refractivity contribution in [2.75, 3.05) is 7.11 Å². The van der Waals surface area contributed by atoms with E-state index in [9.17, 15) is 9.59 Å². The van der Waals surface area contributed by atoms with Crippen molar-refractivity contribution in [2.45, 2.75) is 36.1 Å². The Morgan fingerprint density at radius 1 is 0.875 bits per heavy atom. The molecule has 0 saturated carbocycles. The number of carbonyl (C=O) groups excluding carboxylic acids is 2. The summed E-state index contributed by atoms with van der Waals surface area (Å²) in [4.78, 5) is 26.1. The molecule has 0 aromatic heterocycles. The number of ether oxygens (including phenoxy) is 2. The third-order valence-corrected chi connectivity index (χ3v) is 6.00. The smallest absolute Gasteiger partial charge is 0.408 e. The van der Waals surface area contributed by atoms with Crippen LogP contribution in [0.1, 0.15) is 23.6 Å². The SMILES string of the molecule is COC(=O)[C@](C)(Cc1cccc(SCc2ccccc2)c1)NC(=O)OCc1ccccc1. The molecule has 0 bridgehead atoms. The molecule has 0 aliphatic rings. The number of thioether (sulfide) groups is 1. The van der Waals surface area contributed by atoms with Crippen LogP contribution in [0.15, 0.2) is 89.8 Å². The first kappa shape index (κ1) is 23.4. The molecule has 1 N–H and O–H groups in total. The summed E-state index contributed by atoms with van der Waals surface area (Å²) in [5, 5.41) is 2.70. The Balaban J connectivity index is 1.65. The van der Waals surface area contributed by atoms with Gasteiger partial charge in [-0.15, -0.1) is 11.8 Å². The fraction of sp³-hybridized carbons (Fsp3) is 0.231. The molecule has 0 unspecified atom stereocenters. The summed E-state index contributed by atoms with van der Waals surface area (Å²) in [6.07, 6.45) is -0.392. The summed E-state index contributed by atoms with van der Waals surface area (Å²) in [5.41, 5.74) is 1.76. The van der Waals surface area contributed by atoms with Crippen molar-refractivity contribution in [3.63, 3.8) is 0 Å². The topological polar surface area (TPSA) is 64.6 Å². The van der Waals surface area contributed by atoms with Crippen LogP contribution >= 0.6 is 11.8 Å². The van der Waals surface area contributed by atoms with E-state index >= 15 is 0 Å². The van der Waals surface area contributed by atoms with Crippen molar-refractivity contribution in [1.82, 2.24) is 5.32 Å². The third-order valence-electron chi connectivity index (χ3n) is 4.93. The molecule has 1 amide bonds. The molecule has 1 atom stereocenters. The summed E-state index contributed by atoms with van der Waals surface area (Å²) in [7, 11) is 1.31. The van der Waals surface area contributed by atoms with Gasteiger partial charge in [0.15, 0.2) is 0 Å². The van der Waals surface area contributed by atoms with Crippen molar-refractivity contribution in [1.29, 1.82) is 0 Å². The van der Waals surface area contributed by atoms with Crippen LogP contribution in [0.5, 0.6) is 0 Å². The maximum absolute atomic E-state index is 12.5. The average molecular weight is 450 g/mol. The van der Waals surface area contributed by atoms with E-state index in [0.29, 0.717) is 0 Å². The predicted molar refractivity (Wildman–Crippen MR) is 126 cm³/mol. The summed E-state index contributed by atoms with van der Waals surface area (Å²) in [5.74, 6) is 0.319. The lowest BCUT2D eigenvalue weighted by atomic mass is 9.93. The maximum atomic E-state index is 12.5. The summed E-state index contributed by atoms with van der Waals surface area (Å²) in [6.45, 7) is 1.77. The molecule has 32 heavy (non-hydrogen) atoms. The van der Waals surface area contributed by atoms with Gasteiger partial charge in [0.2, 0.25) is 0 Å². The van der Waals surface area contributed by atoms with E-state index in [1.165, 1.54) is 12.7 Å². The average Bonchev–Trinajstić information content (AvgIpc) is 2.82.